The molecule has 0 radical (unpaired) electrons. The van der Waals surface area contributed by atoms with Gasteiger partial charge in [-0.15, -0.1) is 0 Å². The van der Waals surface area contributed by atoms with Crippen LogP contribution in [0.5, 0.6) is 0 Å². The minimum absolute atomic E-state index is 0.105. The first kappa shape index (κ1) is 27.7. The fraction of sp³-hybridized carbons (Fsp3) is 0.500. The Kier molecular flexibility index (Phi) is 9.93. The van der Waals surface area contributed by atoms with Crippen LogP contribution in [-0.4, -0.2) is 50.0 Å². The van der Waals surface area contributed by atoms with Crippen molar-refractivity contribution >= 4 is 27.5 Å². The Morgan fingerprint density at radius 1 is 1.03 bits per heavy atom. The topological polar surface area (TPSA) is 86.8 Å². The molecule has 196 valence electrons. The molecule has 0 saturated heterocycles. The molecule has 0 aliphatic heterocycles. The maximum absolute atomic E-state index is 13.5. The van der Waals surface area contributed by atoms with Crippen LogP contribution in [0.15, 0.2) is 54.6 Å². The summed E-state index contributed by atoms with van der Waals surface area (Å²) in [6.45, 7) is 4.40. The van der Waals surface area contributed by atoms with E-state index >= 15 is 0 Å². The Balaban J connectivity index is 1.72. The van der Waals surface area contributed by atoms with Gasteiger partial charge in [0.15, 0.2) is 0 Å². The molecule has 0 aromatic heterocycles. The molecule has 0 spiro atoms. The summed E-state index contributed by atoms with van der Waals surface area (Å²) < 4.78 is 26.2. The molecule has 0 bridgehead atoms. The maximum atomic E-state index is 13.5. The molecule has 1 atom stereocenters. The molecular formula is C28H39N3O4S. The van der Waals surface area contributed by atoms with Gasteiger partial charge in [-0.2, -0.15) is 0 Å². The number of sulfonamides is 1. The average Bonchev–Trinajstić information content (AvgIpc) is 3.35. The predicted molar refractivity (Wildman–Crippen MR) is 144 cm³/mol. The lowest BCUT2D eigenvalue weighted by Gasteiger charge is -2.32. The Bertz CT molecular complexity index is 1100. The summed E-state index contributed by atoms with van der Waals surface area (Å²) in [5, 5.41) is 3.15. The van der Waals surface area contributed by atoms with Gasteiger partial charge in [-0.1, -0.05) is 67.8 Å². The van der Waals surface area contributed by atoms with Crippen molar-refractivity contribution in [3.63, 3.8) is 0 Å². The fourth-order valence-electron chi connectivity index (χ4n) is 4.78. The highest BCUT2D eigenvalue weighted by Crippen LogP contribution is 2.21. The standard InChI is InChI=1S/C28H39N3O4S/c1-4-26(28(33)29-24-13-8-9-14-24)30(21-23-11-6-5-7-12-23)27(32)15-10-20-31(36(3,34)35)25-18-16-22(2)17-19-25/h5-7,11-12,16-19,24,26H,4,8-10,13-15,20-21H2,1-3H3,(H,29,33). The maximum Gasteiger partial charge on any atom is 0.243 e. The van der Waals surface area contributed by atoms with Crippen molar-refractivity contribution in [3.8, 4) is 0 Å². The van der Waals surface area contributed by atoms with Gasteiger partial charge in [0.1, 0.15) is 6.04 Å². The first-order valence-electron chi connectivity index (χ1n) is 12.9. The lowest BCUT2D eigenvalue weighted by molar-refractivity contribution is -0.141. The van der Waals surface area contributed by atoms with Gasteiger partial charge in [-0.25, -0.2) is 8.42 Å². The second-order valence-corrected chi connectivity index (χ2v) is 11.6. The van der Waals surface area contributed by atoms with E-state index in [1.165, 1.54) is 10.6 Å². The Hall–Kier alpha value is -2.87. The molecule has 8 heteroatoms. The number of rotatable bonds is 12. The number of carbonyl (C=O) groups excluding carboxylic acids is 2. The minimum atomic E-state index is -3.50. The first-order chi connectivity index (χ1) is 17.2. The normalized spacial score (nSPS) is 14.9. The number of carbonyl (C=O) groups is 2. The summed E-state index contributed by atoms with van der Waals surface area (Å²) in [5.74, 6) is -0.254. The molecule has 2 amide bonds. The van der Waals surface area contributed by atoms with Gasteiger partial charge >= 0.3 is 0 Å². The zero-order valence-corrected chi connectivity index (χ0v) is 22.5. The van der Waals surface area contributed by atoms with Crippen LogP contribution in [0.3, 0.4) is 0 Å². The number of hydrogen-bond donors (Lipinski definition) is 1. The molecule has 1 N–H and O–H groups in total. The highest BCUT2D eigenvalue weighted by molar-refractivity contribution is 7.92. The Morgan fingerprint density at radius 3 is 2.25 bits per heavy atom. The highest BCUT2D eigenvalue weighted by atomic mass is 32.2. The number of hydrogen-bond acceptors (Lipinski definition) is 4. The summed E-state index contributed by atoms with van der Waals surface area (Å²) in [4.78, 5) is 28.3. The molecule has 1 unspecified atom stereocenters. The predicted octanol–water partition coefficient (Wildman–Crippen LogP) is 4.41. The van der Waals surface area contributed by atoms with Crippen molar-refractivity contribution in [2.24, 2.45) is 0 Å². The number of aryl methyl sites for hydroxylation is 1. The Morgan fingerprint density at radius 2 is 1.67 bits per heavy atom. The second kappa shape index (κ2) is 12.9. The van der Waals surface area contributed by atoms with Gasteiger partial charge in [-0.05, 0) is 50.3 Å². The minimum Gasteiger partial charge on any atom is -0.352 e. The van der Waals surface area contributed by atoms with Crippen molar-refractivity contribution in [1.29, 1.82) is 0 Å². The third kappa shape index (κ3) is 7.82. The molecular weight excluding hydrogens is 474 g/mol. The average molecular weight is 514 g/mol. The molecule has 1 saturated carbocycles. The number of amides is 2. The zero-order chi connectivity index (χ0) is 26.1. The Labute approximate surface area is 215 Å². The van der Waals surface area contributed by atoms with Gasteiger partial charge in [-0.3, -0.25) is 13.9 Å². The summed E-state index contributed by atoms with van der Waals surface area (Å²) in [6, 6.07) is 16.6. The van der Waals surface area contributed by atoms with Crippen LogP contribution in [-0.2, 0) is 26.2 Å². The third-order valence-corrected chi connectivity index (χ3v) is 7.95. The number of nitrogens with one attached hydrogen (secondary N) is 1. The van der Waals surface area contributed by atoms with Crippen molar-refractivity contribution < 1.29 is 18.0 Å². The summed E-state index contributed by atoms with van der Waals surface area (Å²) in [6.07, 6.45) is 6.39. The SMILES string of the molecule is CCC(C(=O)NC1CCCC1)N(Cc1ccccc1)C(=O)CCCN(c1ccc(C)cc1)S(C)(=O)=O. The van der Waals surface area contributed by atoms with Gasteiger partial charge in [0.25, 0.3) is 0 Å². The fourth-order valence-corrected chi connectivity index (χ4v) is 5.75. The van der Waals surface area contributed by atoms with E-state index in [2.05, 4.69) is 5.32 Å². The third-order valence-electron chi connectivity index (χ3n) is 6.76. The van der Waals surface area contributed by atoms with Crippen LogP contribution in [0, 0.1) is 6.92 Å². The lowest BCUT2D eigenvalue weighted by Crippen LogP contribution is -2.51. The van der Waals surface area contributed by atoms with E-state index in [0.717, 1.165) is 36.8 Å². The van der Waals surface area contributed by atoms with Crippen LogP contribution in [0.25, 0.3) is 0 Å². The smallest absolute Gasteiger partial charge is 0.243 e. The summed E-state index contributed by atoms with van der Waals surface area (Å²) >= 11 is 0. The molecule has 2 aromatic carbocycles. The van der Waals surface area contributed by atoms with E-state index in [-0.39, 0.29) is 30.8 Å². The molecule has 3 rings (SSSR count). The number of benzene rings is 2. The highest BCUT2D eigenvalue weighted by Gasteiger charge is 2.30. The van der Waals surface area contributed by atoms with Crippen molar-refractivity contribution in [3.05, 3.63) is 65.7 Å². The molecule has 1 aliphatic rings. The second-order valence-electron chi connectivity index (χ2n) is 9.70. The molecule has 36 heavy (non-hydrogen) atoms. The summed E-state index contributed by atoms with van der Waals surface area (Å²) in [7, 11) is -3.50. The van der Waals surface area contributed by atoms with Crippen LogP contribution in [0.1, 0.15) is 63.0 Å². The zero-order valence-electron chi connectivity index (χ0n) is 21.7. The van der Waals surface area contributed by atoms with E-state index < -0.39 is 16.1 Å². The van der Waals surface area contributed by atoms with Gasteiger partial charge in [0, 0.05) is 25.6 Å². The molecule has 1 aliphatic carbocycles. The largest absolute Gasteiger partial charge is 0.352 e. The van der Waals surface area contributed by atoms with Crippen molar-refractivity contribution in [1.82, 2.24) is 10.2 Å². The molecule has 0 heterocycles. The van der Waals surface area contributed by atoms with Crippen molar-refractivity contribution in [2.45, 2.75) is 77.4 Å². The molecule has 1 fully saturated rings. The van der Waals surface area contributed by atoms with Crippen LogP contribution >= 0.6 is 0 Å². The number of anilines is 1. The van der Waals surface area contributed by atoms with Crippen molar-refractivity contribution in [2.75, 3.05) is 17.1 Å². The van der Waals surface area contributed by atoms with E-state index in [1.54, 1.807) is 17.0 Å². The van der Waals surface area contributed by atoms with Gasteiger partial charge in [0.05, 0.1) is 11.9 Å². The van der Waals surface area contributed by atoms with E-state index in [9.17, 15) is 18.0 Å². The van der Waals surface area contributed by atoms with E-state index in [0.29, 0.717) is 25.1 Å². The quantitative estimate of drug-likeness (QED) is 0.456. The van der Waals surface area contributed by atoms with Crippen LogP contribution < -0.4 is 9.62 Å². The monoisotopic (exact) mass is 513 g/mol. The first-order valence-corrected chi connectivity index (χ1v) is 14.7. The van der Waals surface area contributed by atoms with Crippen LogP contribution in [0.4, 0.5) is 5.69 Å². The lowest BCUT2D eigenvalue weighted by atomic mass is 10.1. The van der Waals surface area contributed by atoms with E-state index in [1.807, 2.05) is 56.3 Å². The van der Waals surface area contributed by atoms with E-state index in [4.69, 9.17) is 0 Å². The van der Waals surface area contributed by atoms with Crippen LogP contribution in [0.2, 0.25) is 0 Å². The molecule has 2 aromatic rings. The van der Waals surface area contributed by atoms with Gasteiger partial charge in [0.2, 0.25) is 21.8 Å². The van der Waals surface area contributed by atoms with Gasteiger partial charge < -0.3 is 10.2 Å². The number of nitrogens with zero attached hydrogens (tertiary/aromatic N) is 2. The molecule has 7 nitrogen and oxygen atoms in total. The summed E-state index contributed by atoms with van der Waals surface area (Å²) in [5.41, 5.74) is 2.58.